The Kier molecular flexibility index (Phi) is 5.87. The molecule has 0 radical (unpaired) electrons. The predicted molar refractivity (Wildman–Crippen MR) is 115 cm³/mol. The van der Waals surface area contributed by atoms with E-state index in [1.165, 1.54) is 46.9 Å². The molecule has 1 amide bonds. The van der Waals surface area contributed by atoms with E-state index < -0.39 is 0 Å². The van der Waals surface area contributed by atoms with Crippen LogP contribution in [0, 0.1) is 12.7 Å². The van der Waals surface area contributed by atoms with Crippen molar-refractivity contribution in [1.82, 2.24) is 9.88 Å². The lowest BCUT2D eigenvalue weighted by atomic mass is 10.1. The van der Waals surface area contributed by atoms with Crippen molar-refractivity contribution >= 4 is 28.6 Å². The highest BCUT2D eigenvalue weighted by Gasteiger charge is 2.20. The predicted octanol–water partition coefficient (Wildman–Crippen LogP) is 4.17. The summed E-state index contributed by atoms with van der Waals surface area (Å²) in [4.78, 5) is 21.6. The standard InChI is InChI=1S/C22H23FN4OS/c1-16-4-2-3-5-20(16)27-12-10-26(11-13-27)14-21-25-19(15-29-21)22(28)24-18-8-6-17(23)7-9-18/h2-9,15H,10-14H2,1H3,(H,24,28). The number of rotatable bonds is 5. The zero-order valence-electron chi connectivity index (χ0n) is 16.3. The minimum absolute atomic E-state index is 0.275. The van der Waals surface area contributed by atoms with Crippen LogP contribution in [0.2, 0.25) is 0 Å². The minimum atomic E-state index is -0.332. The van der Waals surface area contributed by atoms with Crippen LogP contribution >= 0.6 is 11.3 Å². The first-order valence-corrected chi connectivity index (χ1v) is 10.5. The van der Waals surface area contributed by atoms with E-state index in [2.05, 4.69) is 51.3 Å². The van der Waals surface area contributed by atoms with Crippen molar-refractivity contribution in [2.75, 3.05) is 36.4 Å². The van der Waals surface area contributed by atoms with Crippen molar-refractivity contribution in [3.05, 3.63) is 76.0 Å². The summed E-state index contributed by atoms with van der Waals surface area (Å²) in [6.07, 6.45) is 0. The average Bonchev–Trinajstić information content (AvgIpc) is 3.19. The lowest BCUT2D eigenvalue weighted by Crippen LogP contribution is -2.46. The van der Waals surface area contributed by atoms with E-state index in [1.54, 1.807) is 5.38 Å². The van der Waals surface area contributed by atoms with Gasteiger partial charge in [-0.2, -0.15) is 0 Å². The van der Waals surface area contributed by atoms with Crippen molar-refractivity contribution in [1.29, 1.82) is 0 Å². The van der Waals surface area contributed by atoms with E-state index in [9.17, 15) is 9.18 Å². The molecule has 3 aromatic rings. The third-order valence-electron chi connectivity index (χ3n) is 5.07. The number of halogens is 1. The summed E-state index contributed by atoms with van der Waals surface area (Å²) in [6.45, 7) is 6.78. The molecule has 29 heavy (non-hydrogen) atoms. The van der Waals surface area contributed by atoms with Gasteiger partial charge in [0, 0.05) is 42.9 Å². The van der Waals surface area contributed by atoms with Gasteiger partial charge in [-0.25, -0.2) is 9.37 Å². The van der Waals surface area contributed by atoms with Crippen LogP contribution in [-0.4, -0.2) is 42.0 Å². The third kappa shape index (κ3) is 4.81. The van der Waals surface area contributed by atoms with E-state index in [0.717, 1.165) is 37.7 Å². The molecule has 0 bridgehead atoms. The summed E-state index contributed by atoms with van der Waals surface area (Å²) >= 11 is 1.50. The summed E-state index contributed by atoms with van der Waals surface area (Å²) in [6, 6.07) is 14.2. The molecule has 2 aromatic carbocycles. The van der Waals surface area contributed by atoms with Crippen molar-refractivity contribution in [3.63, 3.8) is 0 Å². The van der Waals surface area contributed by atoms with Crippen LogP contribution in [0.15, 0.2) is 53.9 Å². The molecule has 1 aliphatic rings. The highest BCUT2D eigenvalue weighted by Crippen LogP contribution is 2.22. The van der Waals surface area contributed by atoms with Crippen molar-refractivity contribution in [3.8, 4) is 0 Å². The van der Waals surface area contributed by atoms with Crippen LogP contribution in [0.3, 0.4) is 0 Å². The summed E-state index contributed by atoms with van der Waals surface area (Å²) in [7, 11) is 0. The first-order chi connectivity index (χ1) is 14.1. The first-order valence-electron chi connectivity index (χ1n) is 9.63. The number of carbonyl (C=O) groups excluding carboxylic acids is 1. The van der Waals surface area contributed by atoms with E-state index in [4.69, 9.17) is 0 Å². The number of carbonyl (C=O) groups is 1. The second-order valence-corrected chi connectivity index (χ2v) is 8.08. The molecule has 150 valence electrons. The SMILES string of the molecule is Cc1ccccc1N1CCN(Cc2nc(C(=O)Nc3ccc(F)cc3)cs2)CC1. The molecule has 0 unspecified atom stereocenters. The quantitative estimate of drug-likeness (QED) is 0.686. The van der Waals surface area contributed by atoms with Crippen LogP contribution in [0.1, 0.15) is 21.1 Å². The van der Waals surface area contributed by atoms with Gasteiger partial charge < -0.3 is 10.2 Å². The highest BCUT2D eigenvalue weighted by molar-refractivity contribution is 7.09. The Morgan fingerprint density at radius 3 is 2.55 bits per heavy atom. The monoisotopic (exact) mass is 410 g/mol. The normalized spacial score (nSPS) is 14.8. The van der Waals surface area contributed by atoms with Crippen molar-refractivity contribution < 1.29 is 9.18 Å². The molecule has 2 heterocycles. The zero-order valence-corrected chi connectivity index (χ0v) is 17.1. The van der Waals surface area contributed by atoms with Crippen molar-refractivity contribution in [2.24, 2.45) is 0 Å². The molecule has 1 N–H and O–H groups in total. The molecule has 5 nitrogen and oxygen atoms in total. The number of anilines is 2. The number of hydrogen-bond donors (Lipinski definition) is 1. The van der Waals surface area contributed by atoms with Crippen LogP contribution in [0.25, 0.3) is 0 Å². The number of aromatic nitrogens is 1. The molecular formula is C22H23FN4OS. The summed E-state index contributed by atoms with van der Waals surface area (Å²) in [5.41, 5.74) is 3.56. The van der Waals surface area contributed by atoms with E-state index in [1.807, 2.05) is 0 Å². The van der Waals surface area contributed by atoms with Gasteiger partial charge in [-0.05, 0) is 42.8 Å². The topological polar surface area (TPSA) is 48.5 Å². The molecule has 7 heteroatoms. The third-order valence-corrected chi connectivity index (χ3v) is 5.91. The summed E-state index contributed by atoms with van der Waals surface area (Å²) in [5.74, 6) is -0.607. The first kappa shape index (κ1) is 19.5. The van der Waals surface area contributed by atoms with Crippen LogP contribution in [0.5, 0.6) is 0 Å². The molecule has 0 spiro atoms. The number of amides is 1. The molecule has 0 aliphatic carbocycles. The number of para-hydroxylation sites is 1. The maximum Gasteiger partial charge on any atom is 0.275 e. The van der Waals surface area contributed by atoms with Crippen LogP contribution in [-0.2, 0) is 6.54 Å². The smallest absolute Gasteiger partial charge is 0.275 e. The Morgan fingerprint density at radius 2 is 1.83 bits per heavy atom. The van der Waals surface area contributed by atoms with Gasteiger partial charge in [-0.15, -0.1) is 11.3 Å². The molecule has 1 aliphatic heterocycles. The van der Waals surface area contributed by atoms with E-state index in [-0.39, 0.29) is 11.7 Å². The highest BCUT2D eigenvalue weighted by atomic mass is 32.1. The second kappa shape index (κ2) is 8.71. The number of hydrogen-bond acceptors (Lipinski definition) is 5. The summed E-state index contributed by atoms with van der Waals surface area (Å²) < 4.78 is 13.0. The lowest BCUT2D eigenvalue weighted by Gasteiger charge is -2.36. The van der Waals surface area contributed by atoms with Gasteiger partial charge in [0.25, 0.3) is 5.91 Å². The lowest BCUT2D eigenvalue weighted by molar-refractivity contribution is 0.102. The van der Waals surface area contributed by atoms with Gasteiger partial charge >= 0.3 is 0 Å². The Bertz CT molecular complexity index is 980. The van der Waals surface area contributed by atoms with Crippen LogP contribution in [0.4, 0.5) is 15.8 Å². The molecule has 4 rings (SSSR count). The Morgan fingerprint density at radius 1 is 1.10 bits per heavy atom. The summed E-state index contributed by atoms with van der Waals surface area (Å²) in [5, 5.41) is 5.45. The van der Waals surface area contributed by atoms with Crippen molar-refractivity contribution in [2.45, 2.75) is 13.5 Å². The van der Waals surface area contributed by atoms with Gasteiger partial charge in [-0.1, -0.05) is 18.2 Å². The molecule has 1 saturated heterocycles. The zero-order chi connectivity index (χ0) is 20.2. The van der Waals surface area contributed by atoms with Gasteiger partial charge in [0.1, 0.15) is 16.5 Å². The fraction of sp³-hybridized carbons (Fsp3) is 0.273. The molecule has 1 fully saturated rings. The fourth-order valence-corrected chi connectivity index (χ4v) is 4.29. The van der Waals surface area contributed by atoms with Gasteiger partial charge in [0.15, 0.2) is 0 Å². The number of nitrogens with one attached hydrogen (secondary N) is 1. The second-order valence-electron chi connectivity index (χ2n) is 7.14. The molecule has 0 saturated carbocycles. The Hall–Kier alpha value is -2.77. The largest absolute Gasteiger partial charge is 0.369 e. The molecular weight excluding hydrogens is 387 g/mol. The average molecular weight is 411 g/mol. The number of nitrogens with zero attached hydrogens (tertiary/aromatic N) is 3. The molecule has 0 atom stereocenters. The van der Waals surface area contributed by atoms with Gasteiger partial charge in [0.05, 0.1) is 6.54 Å². The minimum Gasteiger partial charge on any atom is -0.369 e. The van der Waals surface area contributed by atoms with E-state index >= 15 is 0 Å². The number of aryl methyl sites for hydroxylation is 1. The Labute approximate surface area is 173 Å². The van der Waals surface area contributed by atoms with Gasteiger partial charge in [-0.3, -0.25) is 9.69 Å². The number of benzene rings is 2. The number of thiazole rings is 1. The van der Waals surface area contributed by atoms with E-state index in [0.29, 0.717) is 11.4 Å². The van der Waals surface area contributed by atoms with Crippen LogP contribution < -0.4 is 10.2 Å². The Balaban J connectivity index is 1.31. The fourth-order valence-electron chi connectivity index (χ4n) is 3.47. The maximum absolute atomic E-state index is 13.0. The number of piperazine rings is 1. The van der Waals surface area contributed by atoms with Gasteiger partial charge in [0.2, 0.25) is 0 Å². The molecule has 1 aromatic heterocycles. The maximum atomic E-state index is 13.0.